The summed E-state index contributed by atoms with van der Waals surface area (Å²) >= 11 is 0. The molecule has 3 N–H and O–H groups in total. The van der Waals surface area contributed by atoms with E-state index in [1.54, 1.807) is 7.11 Å². The number of nitrogens with zero attached hydrogens (tertiary/aromatic N) is 1. The van der Waals surface area contributed by atoms with Gasteiger partial charge in [0.25, 0.3) is 0 Å². The van der Waals surface area contributed by atoms with Gasteiger partial charge in [0.05, 0.1) is 18.4 Å². The zero-order valence-electron chi connectivity index (χ0n) is 12.8. The molecule has 2 unspecified atom stereocenters. The highest BCUT2D eigenvalue weighted by Crippen LogP contribution is 2.40. The summed E-state index contributed by atoms with van der Waals surface area (Å²) in [4.78, 5) is 2.45. The van der Waals surface area contributed by atoms with Crippen LogP contribution in [0.2, 0.25) is 0 Å². The van der Waals surface area contributed by atoms with Crippen molar-refractivity contribution in [3.63, 3.8) is 0 Å². The molecule has 4 nitrogen and oxygen atoms in total. The summed E-state index contributed by atoms with van der Waals surface area (Å²) < 4.78 is 5.20. The predicted molar refractivity (Wildman–Crippen MR) is 84.2 cm³/mol. The van der Waals surface area contributed by atoms with Crippen LogP contribution in [0.3, 0.4) is 0 Å². The number of hydrogen-bond donors (Lipinski definition) is 2. The molecule has 3 rings (SSSR count). The van der Waals surface area contributed by atoms with Crippen molar-refractivity contribution in [1.29, 1.82) is 0 Å². The Hall–Kier alpha value is -1.26. The number of fused-ring (bicyclic) bond motifs is 1. The summed E-state index contributed by atoms with van der Waals surface area (Å²) in [6, 6.07) is 6.02. The molecule has 0 amide bonds. The van der Waals surface area contributed by atoms with Gasteiger partial charge in [-0.2, -0.15) is 0 Å². The molecule has 21 heavy (non-hydrogen) atoms. The van der Waals surface area contributed by atoms with E-state index in [1.807, 2.05) is 12.1 Å². The van der Waals surface area contributed by atoms with Crippen LogP contribution in [0.5, 0.6) is 5.75 Å². The molecule has 1 aliphatic carbocycles. The molecule has 1 aliphatic heterocycles. The minimum atomic E-state index is -0.395. The van der Waals surface area contributed by atoms with Crippen molar-refractivity contribution in [2.45, 2.75) is 44.2 Å². The number of nitrogen functional groups attached to an aromatic ring is 1. The van der Waals surface area contributed by atoms with Crippen molar-refractivity contribution >= 4 is 5.69 Å². The topological polar surface area (TPSA) is 58.7 Å². The SMILES string of the molecule is COc1ccc(CN2CCC3(O)CCCCC3C2)cc1N. The molecule has 0 bridgehead atoms. The van der Waals surface area contributed by atoms with E-state index in [1.165, 1.54) is 18.4 Å². The van der Waals surface area contributed by atoms with E-state index in [0.29, 0.717) is 11.6 Å². The van der Waals surface area contributed by atoms with Gasteiger partial charge in [0, 0.05) is 25.6 Å². The second-order valence-corrected chi connectivity index (χ2v) is 6.61. The van der Waals surface area contributed by atoms with Crippen LogP contribution >= 0.6 is 0 Å². The molecule has 1 aromatic carbocycles. The minimum Gasteiger partial charge on any atom is -0.495 e. The molecule has 2 atom stereocenters. The van der Waals surface area contributed by atoms with Gasteiger partial charge < -0.3 is 15.6 Å². The maximum Gasteiger partial charge on any atom is 0.141 e. The Morgan fingerprint density at radius 2 is 2.24 bits per heavy atom. The highest BCUT2D eigenvalue weighted by molar-refractivity contribution is 5.54. The summed E-state index contributed by atoms with van der Waals surface area (Å²) in [5, 5.41) is 10.7. The average molecular weight is 290 g/mol. The molecule has 1 aromatic rings. The van der Waals surface area contributed by atoms with Gasteiger partial charge in [-0.15, -0.1) is 0 Å². The van der Waals surface area contributed by atoms with E-state index in [4.69, 9.17) is 10.5 Å². The molecule has 1 heterocycles. The van der Waals surface area contributed by atoms with Crippen LogP contribution in [0.1, 0.15) is 37.7 Å². The van der Waals surface area contributed by atoms with Crippen molar-refractivity contribution in [2.24, 2.45) is 5.92 Å². The molecule has 2 aliphatic rings. The number of aliphatic hydroxyl groups is 1. The zero-order valence-corrected chi connectivity index (χ0v) is 12.8. The third-order valence-corrected chi connectivity index (χ3v) is 5.21. The fraction of sp³-hybridized carbons (Fsp3) is 0.647. The van der Waals surface area contributed by atoms with Crippen molar-refractivity contribution in [3.05, 3.63) is 23.8 Å². The van der Waals surface area contributed by atoms with Gasteiger partial charge in [-0.05, 0) is 37.0 Å². The van der Waals surface area contributed by atoms with E-state index < -0.39 is 5.60 Å². The lowest BCUT2D eigenvalue weighted by atomic mass is 9.71. The number of anilines is 1. The molecule has 0 spiro atoms. The zero-order chi connectivity index (χ0) is 14.9. The van der Waals surface area contributed by atoms with E-state index in [2.05, 4.69) is 11.0 Å². The van der Waals surface area contributed by atoms with E-state index in [0.717, 1.165) is 44.6 Å². The smallest absolute Gasteiger partial charge is 0.141 e. The van der Waals surface area contributed by atoms with Gasteiger partial charge >= 0.3 is 0 Å². The quantitative estimate of drug-likeness (QED) is 0.839. The third-order valence-electron chi connectivity index (χ3n) is 5.21. The lowest BCUT2D eigenvalue weighted by molar-refractivity contribution is -0.0967. The fourth-order valence-corrected chi connectivity index (χ4v) is 3.92. The molecule has 0 radical (unpaired) electrons. The van der Waals surface area contributed by atoms with Crippen molar-refractivity contribution in [3.8, 4) is 5.75 Å². The molecule has 1 saturated carbocycles. The summed E-state index contributed by atoms with van der Waals surface area (Å²) in [5.74, 6) is 1.18. The molecule has 1 saturated heterocycles. The highest BCUT2D eigenvalue weighted by Gasteiger charge is 2.42. The van der Waals surface area contributed by atoms with Crippen molar-refractivity contribution in [1.82, 2.24) is 4.90 Å². The van der Waals surface area contributed by atoms with Crippen LogP contribution in [0.4, 0.5) is 5.69 Å². The Labute approximate surface area is 126 Å². The van der Waals surface area contributed by atoms with E-state index >= 15 is 0 Å². The van der Waals surface area contributed by atoms with Crippen LogP contribution in [0.15, 0.2) is 18.2 Å². The Kier molecular flexibility index (Phi) is 4.09. The molecular formula is C17H26N2O2. The normalized spacial score (nSPS) is 29.9. The van der Waals surface area contributed by atoms with Crippen LogP contribution in [-0.2, 0) is 6.54 Å². The number of ether oxygens (including phenoxy) is 1. The van der Waals surface area contributed by atoms with Crippen LogP contribution in [0, 0.1) is 5.92 Å². The second kappa shape index (κ2) is 5.85. The Balaban J connectivity index is 1.65. The molecule has 2 fully saturated rings. The summed E-state index contributed by atoms with van der Waals surface area (Å²) in [5.41, 5.74) is 7.50. The molecular weight excluding hydrogens is 264 g/mol. The predicted octanol–water partition coefficient (Wildman–Crippen LogP) is 2.40. The summed E-state index contributed by atoms with van der Waals surface area (Å²) in [6.45, 7) is 2.88. The highest BCUT2D eigenvalue weighted by atomic mass is 16.5. The Morgan fingerprint density at radius 3 is 3.00 bits per heavy atom. The Bertz CT molecular complexity index is 506. The van der Waals surface area contributed by atoms with Crippen LogP contribution < -0.4 is 10.5 Å². The number of hydrogen-bond acceptors (Lipinski definition) is 4. The first-order valence-electron chi connectivity index (χ1n) is 7.98. The molecule has 4 heteroatoms. The Morgan fingerprint density at radius 1 is 1.38 bits per heavy atom. The average Bonchev–Trinajstić information content (AvgIpc) is 2.48. The van der Waals surface area contributed by atoms with Gasteiger partial charge in [-0.3, -0.25) is 4.90 Å². The first-order valence-corrected chi connectivity index (χ1v) is 7.98. The summed E-state index contributed by atoms with van der Waals surface area (Å²) in [6.07, 6.45) is 5.50. The number of benzene rings is 1. The van der Waals surface area contributed by atoms with E-state index in [9.17, 15) is 5.11 Å². The van der Waals surface area contributed by atoms with Crippen molar-refractivity contribution in [2.75, 3.05) is 25.9 Å². The van der Waals surface area contributed by atoms with Crippen molar-refractivity contribution < 1.29 is 9.84 Å². The number of nitrogens with two attached hydrogens (primary N) is 1. The van der Waals surface area contributed by atoms with E-state index in [-0.39, 0.29) is 0 Å². The standard InChI is InChI=1S/C17H26N2O2/c1-21-16-6-5-13(10-15(16)18)11-19-9-8-17(20)7-3-2-4-14(17)12-19/h5-6,10,14,20H,2-4,7-9,11-12,18H2,1H3. The first kappa shape index (κ1) is 14.7. The number of rotatable bonds is 3. The molecule has 0 aromatic heterocycles. The van der Waals surface area contributed by atoms with Crippen LogP contribution in [-0.4, -0.2) is 35.8 Å². The largest absolute Gasteiger partial charge is 0.495 e. The number of likely N-dealkylation sites (tertiary alicyclic amines) is 1. The third kappa shape index (κ3) is 3.01. The fourth-order valence-electron chi connectivity index (χ4n) is 3.92. The maximum atomic E-state index is 10.7. The van der Waals surface area contributed by atoms with Gasteiger partial charge in [0.2, 0.25) is 0 Å². The lowest BCUT2D eigenvalue weighted by Gasteiger charge is -2.47. The van der Waals surface area contributed by atoms with Gasteiger partial charge in [-0.1, -0.05) is 18.9 Å². The first-order chi connectivity index (χ1) is 10.1. The monoisotopic (exact) mass is 290 g/mol. The second-order valence-electron chi connectivity index (χ2n) is 6.61. The van der Waals surface area contributed by atoms with Gasteiger partial charge in [0.1, 0.15) is 5.75 Å². The maximum absolute atomic E-state index is 10.7. The number of piperidine rings is 1. The van der Waals surface area contributed by atoms with Crippen LogP contribution in [0.25, 0.3) is 0 Å². The molecule has 116 valence electrons. The number of methoxy groups -OCH3 is 1. The summed E-state index contributed by atoms with van der Waals surface area (Å²) in [7, 11) is 1.64. The van der Waals surface area contributed by atoms with Gasteiger partial charge in [0.15, 0.2) is 0 Å². The minimum absolute atomic E-state index is 0.395. The van der Waals surface area contributed by atoms with Gasteiger partial charge in [-0.25, -0.2) is 0 Å². The lowest BCUT2D eigenvalue weighted by Crippen LogP contribution is -2.52.